The van der Waals surface area contributed by atoms with Crippen LogP contribution in [0.2, 0.25) is 0 Å². The van der Waals surface area contributed by atoms with Crippen LogP contribution in [-0.2, 0) is 12.5 Å². The number of halogens is 2. The summed E-state index contributed by atoms with van der Waals surface area (Å²) in [6, 6.07) is 12.3. The molecule has 0 radical (unpaired) electrons. The lowest BCUT2D eigenvalue weighted by molar-refractivity contribution is -0.385. The highest BCUT2D eigenvalue weighted by Crippen LogP contribution is 2.29. The summed E-state index contributed by atoms with van der Waals surface area (Å²) in [5.74, 6) is 1.03. The van der Waals surface area contributed by atoms with Gasteiger partial charge in [0.25, 0.3) is 5.69 Å². The summed E-state index contributed by atoms with van der Waals surface area (Å²) in [5.41, 5.74) is 1.62. The van der Waals surface area contributed by atoms with E-state index in [1.165, 1.54) is 6.07 Å². The first-order valence-corrected chi connectivity index (χ1v) is 7.14. The molecule has 0 unspecified atom stereocenters. The second-order valence-corrected chi connectivity index (χ2v) is 5.10. The van der Waals surface area contributed by atoms with E-state index >= 15 is 0 Å². The third kappa shape index (κ3) is 3.29. The minimum absolute atomic E-state index is 0.0247. The first-order chi connectivity index (χ1) is 9.63. The number of rotatable bonds is 5. The third-order valence-electron chi connectivity index (χ3n) is 2.75. The van der Waals surface area contributed by atoms with E-state index in [9.17, 15) is 10.1 Å². The Hall–Kier alpha value is -1.59. The van der Waals surface area contributed by atoms with Crippen LogP contribution in [0.5, 0.6) is 5.75 Å². The van der Waals surface area contributed by atoms with Crippen molar-refractivity contribution in [1.82, 2.24) is 0 Å². The number of hydrogen-bond donors (Lipinski definition) is 0. The predicted molar refractivity (Wildman–Crippen MR) is 81.1 cm³/mol. The van der Waals surface area contributed by atoms with E-state index in [1.807, 2.05) is 24.3 Å². The molecule has 0 fully saturated rings. The van der Waals surface area contributed by atoms with Crippen LogP contribution < -0.4 is 4.74 Å². The van der Waals surface area contributed by atoms with Crippen LogP contribution in [0.25, 0.3) is 0 Å². The topological polar surface area (TPSA) is 52.4 Å². The lowest BCUT2D eigenvalue weighted by Crippen LogP contribution is -2.00. The molecule has 2 aromatic rings. The molecule has 0 aliphatic carbocycles. The molecule has 0 aromatic heterocycles. The number of para-hydroxylation sites is 1. The molecular formula is C14H11BrClNO3. The van der Waals surface area contributed by atoms with Gasteiger partial charge in [0.15, 0.2) is 0 Å². The van der Waals surface area contributed by atoms with Crippen molar-refractivity contribution in [3.8, 4) is 5.75 Å². The van der Waals surface area contributed by atoms with Crippen LogP contribution in [0.3, 0.4) is 0 Å². The largest absolute Gasteiger partial charge is 0.489 e. The Bertz CT molecular complexity index is 634. The van der Waals surface area contributed by atoms with Crippen molar-refractivity contribution >= 4 is 33.2 Å². The number of benzene rings is 2. The Morgan fingerprint density at radius 1 is 1.15 bits per heavy atom. The predicted octanol–water partition coefficient (Wildman–Crippen LogP) is 4.68. The highest BCUT2D eigenvalue weighted by molar-refractivity contribution is 9.10. The van der Waals surface area contributed by atoms with E-state index < -0.39 is 4.92 Å². The molecule has 0 bridgehead atoms. The fourth-order valence-electron chi connectivity index (χ4n) is 1.73. The fraction of sp³-hybridized carbons (Fsp3) is 0.143. The first kappa shape index (κ1) is 14.8. The minimum atomic E-state index is -0.430. The van der Waals surface area contributed by atoms with E-state index in [0.29, 0.717) is 21.7 Å². The maximum absolute atomic E-state index is 10.9. The van der Waals surface area contributed by atoms with Crippen molar-refractivity contribution in [1.29, 1.82) is 0 Å². The van der Waals surface area contributed by atoms with Gasteiger partial charge in [-0.1, -0.05) is 30.3 Å². The van der Waals surface area contributed by atoms with E-state index in [4.69, 9.17) is 16.3 Å². The molecule has 0 spiro atoms. The zero-order valence-corrected chi connectivity index (χ0v) is 12.7. The van der Waals surface area contributed by atoms with Crippen molar-refractivity contribution in [3.63, 3.8) is 0 Å². The molecule has 20 heavy (non-hydrogen) atoms. The zero-order valence-electron chi connectivity index (χ0n) is 10.4. The summed E-state index contributed by atoms with van der Waals surface area (Å²) in [7, 11) is 0. The quantitative estimate of drug-likeness (QED) is 0.444. The van der Waals surface area contributed by atoms with Gasteiger partial charge in [-0.05, 0) is 22.0 Å². The molecule has 0 aliphatic heterocycles. The summed E-state index contributed by atoms with van der Waals surface area (Å²) in [6.45, 7) is 0.232. The molecule has 0 amide bonds. The summed E-state index contributed by atoms with van der Waals surface area (Å²) in [5, 5.41) is 10.9. The SMILES string of the molecule is O=[N+]([O-])c1cccc(COc2ccccc2CCl)c1Br. The van der Waals surface area contributed by atoms with E-state index in [0.717, 1.165) is 5.56 Å². The summed E-state index contributed by atoms with van der Waals surface area (Å²) >= 11 is 9.08. The third-order valence-corrected chi connectivity index (χ3v) is 3.96. The molecule has 0 heterocycles. The number of ether oxygens (including phenoxy) is 1. The normalized spacial score (nSPS) is 10.3. The number of alkyl halides is 1. The van der Waals surface area contributed by atoms with Crippen LogP contribution >= 0.6 is 27.5 Å². The zero-order chi connectivity index (χ0) is 14.5. The van der Waals surface area contributed by atoms with Crippen LogP contribution in [0.1, 0.15) is 11.1 Å². The lowest BCUT2D eigenvalue weighted by atomic mass is 10.2. The van der Waals surface area contributed by atoms with Crippen LogP contribution in [0.4, 0.5) is 5.69 Å². The summed E-state index contributed by atoms with van der Waals surface area (Å²) in [6.07, 6.45) is 0. The van der Waals surface area contributed by atoms with Gasteiger partial charge in [0.1, 0.15) is 16.8 Å². The van der Waals surface area contributed by atoms with Gasteiger partial charge in [0.05, 0.1) is 10.8 Å². The molecule has 0 N–H and O–H groups in total. The van der Waals surface area contributed by atoms with Gasteiger partial charge in [0.2, 0.25) is 0 Å². The van der Waals surface area contributed by atoms with Gasteiger partial charge in [-0.15, -0.1) is 11.6 Å². The second kappa shape index (κ2) is 6.72. The Balaban J connectivity index is 2.19. The number of nitro groups is 1. The van der Waals surface area contributed by atoms with Crippen molar-refractivity contribution in [3.05, 3.63) is 68.2 Å². The van der Waals surface area contributed by atoms with Gasteiger partial charge in [-0.3, -0.25) is 10.1 Å². The highest BCUT2D eigenvalue weighted by atomic mass is 79.9. The minimum Gasteiger partial charge on any atom is -0.489 e. The molecule has 6 heteroatoms. The average Bonchev–Trinajstić information content (AvgIpc) is 2.46. The van der Waals surface area contributed by atoms with Gasteiger partial charge in [-0.25, -0.2) is 0 Å². The van der Waals surface area contributed by atoms with Crippen molar-refractivity contribution in [2.45, 2.75) is 12.5 Å². The lowest BCUT2D eigenvalue weighted by Gasteiger charge is -2.10. The van der Waals surface area contributed by atoms with E-state index in [-0.39, 0.29) is 12.3 Å². The first-order valence-electron chi connectivity index (χ1n) is 5.82. The molecular weight excluding hydrogens is 346 g/mol. The standard InChI is InChI=1S/C14H11BrClNO3/c15-14-11(5-3-6-12(14)17(18)19)9-20-13-7-2-1-4-10(13)8-16/h1-7H,8-9H2. The van der Waals surface area contributed by atoms with Gasteiger partial charge in [-0.2, -0.15) is 0 Å². The molecule has 0 saturated carbocycles. The van der Waals surface area contributed by atoms with Crippen LogP contribution in [0, 0.1) is 10.1 Å². The van der Waals surface area contributed by atoms with Gasteiger partial charge < -0.3 is 4.74 Å². The van der Waals surface area contributed by atoms with Crippen LogP contribution in [0.15, 0.2) is 46.9 Å². The number of nitro benzene ring substituents is 1. The Morgan fingerprint density at radius 2 is 1.85 bits per heavy atom. The highest BCUT2D eigenvalue weighted by Gasteiger charge is 2.15. The summed E-state index contributed by atoms with van der Waals surface area (Å²) in [4.78, 5) is 10.4. The fourth-order valence-corrected chi connectivity index (χ4v) is 2.47. The summed E-state index contributed by atoms with van der Waals surface area (Å²) < 4.78 is 6.13. The van der Waals surface area contributed by atoms with Gasteiger partial charge >= 0.3 is 0 Å². The van der Waals surface area contributed by atoms with Crippen LogP contribution in [-0.4, -0.2) is 4.92 Å². The maximum Gasteiger partial charge on any atom is 0.283 e. The molecule has 104 valence electrons. The van der Waals surface area contributed by atoms with Crippen molar-refractivity contribution in [2.75, 3.05) is 0 Å². The molecule has 2 aromatic carbocycles. The molecule has 0 saturated heterocycles. The van der Waals surface area contributed by atoms with E-state index in [1.54, 1.807) is 12.1 Å². The second-order valence-electron chi connectivity index (χ2n) is 4.04. The van der Waals surface area contributed by atoms with E-state index in [2.05, 4.69) is 15.9 Å². The smallest absolute Gasteiger partial charge is 0.283 e. The maximum atomic E-state index is 10.9. The molecule has 0 aliphatic rings. The van der Waals surface area contributed by atoms with Crippen molar-refractivity contribution in [2.24, 2.45) is 0 Å². The molecule has 2 rings (SSSR count). The van der Waals surface area contributed by atoms with Crippen molar-refractivity contribution < 1.29 is 9.66 Å². The Kier molecular flexibility index (Phi) is 4.98. The Labute approximate surface area is 129 Å². The Morgan fingerprint density at radius 3 is 2.55 bits per heavy atom. The average molecular weight is 357 g/mol. The number of nitrogens with zero attached hydrogens (tertiary/aromatic N) is 1. The molecule has 0 atom stereocenters. The van der Waals surface area contributed by atoms with Gasteiger partial charge in [0, 0.05) is 17.2 Å². The monoisotopic (exact) mass is 355 g/mol. The molecule has 4 nitrogen and oxygen atoms in total. The number of hydrogen-bond acceptors (Lipinski definition) is 3.